The zero-order valence-electron chi connectivity index (χ0n) is 15.0. The minimum Gasteiger partial charge on any atom is -0.358 e. The summed E-state index contributed by atoms with van der Waals surface area (Å²) in [6.07, 6.45) is -0.864. The van der Waals surface area contributed by atoms with Gasteiger partial charge in [-0.2, -0.15) is 4.31 Å². The van der Waals surface area contributed by atoms with Crippen molar-refractivity contribution < 1.29 is 17.9 Å². The van der Waals surface area contributed by atoms with Crippen LogP contribution in [0.5, 0.6) is 0 Å². The summed E-state index contributed by atoms with van der Waals surface area (Å²) in [5.41, 5.74) is 2.26. The second-order valence-corrected chi connectivity index (χ2v) is 8.07. The lowest BCUT2D eigenvalue weighted by Gasteiger charge is -2.28. The van der Waals surface area contributed by atoms with Crippen molar-refractivity contribution in [3.63, 3.8) is 0 Å². The zero-order valence-corrected chi connectivity index (χ0v) is 15.9. The number of benzene rings is 2. The minimum absolute atomic E-state index is 0.141. The second-order valence-electron chi connectivity index (χ2n) is 6.18. The van der Waals surface area contributed by atoms with Crippen LogP contribution < -0.4 is 4.90 Å². The van der Waals surface area contributed by atoms with Gasteiger partial charge >= 0.3 is 0 Å². The number of sulfonamides is 1. The molecule has 2 aromatic rings. The minimum atomic E-state index is -3.91. The lowest BCUT2D eigenvalue weighted by atomic mass is 10.1. The molecule has 0 fully saturated rings. The van der Waals surface area contributed by atoms with Crippen molar-refractivity contribution in [1.82, 2.24) is 4.31 Å². The van der Waals surface area contributed by atoms with Crippen molar-refractivity contribution in [2.45, 2.75) is 25.0 Å². The van der Waals surface area contributed by atoms with Crippen LogP contribution >= 0.6 is 0 Å². The van der Waals surface area contributed by atoms with Crippen molar-refractivity contribution in [1.29, 1.82) is 0 Å². The molecule has 1 heterocycles. The largest absolute Gasteiger partial charge is 0.358 e. The molecular weight excluding hydrogens is 352 g/mol. The number of hydrogen-bond donors (Lipinski definition) is 0. The number of anilines is 1. The first-order valence-electron chi connectivity index (χ1n) is 8.42. The summed E-state index contributed by atoms with van der Waals surface area (Å²) in [6.45, 7) is 3.72. The van der Waals surface area contributed by atoms with E-state index in [1.54, 1.807) is 50.4 Å². The molecule has 0 aromatic heterocycles. The quantitative estimate of drug-likeness (QED) is 0.825. The molecular formula is C19H22N2O4S. The van der Waals surface area contributed by atoms with Crippen LogP contribution in [-0.2, 0) is 19.6 Å². The SMILES string of the molecule is CCOC1c2ccccc2N(C)C(=O)CN1S(=O)(=O)c1ccc(C)cc1. The molecule has 1 aliphatic heterocycles. The first kappa shape index (κ1) is 18.6. The van der Waals surface area contributed by atoms with Crippen molar-refractivity contribution in [2.24, 2.45) is 0 Å². The van der Waals surface area contributed by atoms with Gasteiger partial charge in [0.25, 0.3) is 0 Å². The van der Waals surface area contributed by atoms with Crippen molar-refractivity contribution in [3.8, 4) is 0 Å². The Hall–Kier alpha value is -2.22. The predicted molar refractivity (Wildman–Crippen MR) is 99.3 cm³/mol. The highest BCUT2D eigenvalue weighted by atomic mass is 32.2. The van der Waals surface area contributed by atoms with Crippen LogP contribution in [0.2, 0.25) is 0 Å². The first-order valence-corrected chi connectivity index (χ1v) is 9.86. The van der Waals surface area contributed by atoms with Gasteiger partial charge in [-0.15, -0.1) is 0 Å². The van der Waals surface area contributed by atoms with E-state index in [1.165, 1.54) is 4.90 Å². The Morgan fingerprint density at radius 3 is 2.42 bits per heavy atom. The van der Waals surface area contributed by atoms with Gasteiger partial charge in [0, 0.05) is 19.2 Å². The molecule has 0 radical (unpaired) electrons. The maximum Gasteiger partial charge on any atom is 0.246 e. The summed E-state index contributed by atoms with van der Waals surface area (Å²) >= 11 is 0. The Kier molecular flexibility index (Phi) is 5.13. The van der Waals surface area contributed by atoms with Crippen LogP contribution in [0.1, 0.15) is 24.3 Å². The monoisotopic (exact) mass is 374 g/mol. The maximum atomic E-state index is 13.3. The molecule has 7 heteroatoms. The third-order valence-corrected chi connectivity index (χ3v) is 6.25. The first-order chi connectivity index (χ1) is 12.4. The van der Waals surface area contributed by atoms with Crippen LogP contribution in [0.3, 0.4) is 0 Å². The van der Waals surface area contributed by atoms with E-state index in [-0.39, 0.29) is 17.3 Å². The van der Waals surface area contributed by atoms with Crippen LogP contribution in [0.4, 0.5) is 5.69 Å². The van der Waals surface area contributed by atoms with Crippen LogP contribution in [0.15, 0.2) is 53.4 Å². The van der Waals surface area contributed by atoms with E-state index in [0.717, 1.165) is 9.87 Å². The molecule has 26 heavy (non-hydrogen) atoms. The lowest BCUT2D eigenvalue weighted by molar-refractivity contribution is -0.120. The third kappa shape index (κ3) is 3.25. The number of likely N-dealkylation sites (N-methyl/N-ethyl adjacent to an activating group) is 1. The molecule has 2 aromatic carbocycles. The number of para-hydroxylation sites is 1. The van der Waals surface area contributed by atoms with Crippen molar-refractivity contribution >= 4 is 21.6 Å². The standard InChI is InChI=1S/C19H22N2O4S/c1-4-25-19-16-7-5-6-8-17(16)20(3)18(22)13-21(19)26(23,24)15-11-9-14(2)10-12-15/h5-12,19H,4,13H2,1-3H3. The Bertz CT molecular complexity index is 909. The lowest BCUT2D eigenvalue weighted by Crippen LogP contribution is -2.41. The molecule has 1 aliphatic rings. The van der Waals surface area contributed by atoms with Gasteiger partial charge in [0.15, 0.2) is 6.23 Å². The molecule has 6 nitrogen and oxygen atoms in total. The van der Waals surface area contributed by atoms with E-state index >= 15 is 0 Å². The summed E-state index contributed by atoms with van der Waals surface area (Å²) < 4.78 is 33.5. The normalized spacial score (nSPS) is 18.5. The Labute approximate surface area is 154 Å². The number of rotatable bonds is 4. The molecule has 0 aliphatic carbocycles. The average Bonchev–Trinajstić information content (AvgIpc) is 2.73. The summed E-state index contributed by atoms with van der Waals surface area (Å²) in [4.78, 5) is 14.3. The van der Waals surface area contributed by atoms with Crippen LogP contribution in [0.25, 0.3) is 0 Å². The van der Waals surface area contributed by atoms with E-state index in [0.29, 0.717) is 17.9 Å². The smallest absolute Gasteiger partial charge is 0.246 e. The third-order valence-electron chi connectivity index (χ3n) is 4.44. The van der Waals surface area contributed by atoms with Gasteiger partial charge in [-0.1, -0.05) is 35.9 Å². The fourth-order valence-electron chi connectivity index (χ4n) is 3.00. The molecule has 1 amide bonds. The number of hydrogen-bond acceptors (Lipinski definition) is 4. The fourth-order valence-corrected chi connectivity index (χ4v) is 4.46. The van der Waals surface area contributed by atoms with Crippen molar-refractivity contribution in [3.05, 3.63) is 59.7 Å². The number of nitrogens with zero attached hydrogens (tertiary/aromatic N) is 2. The second kappa shape index (κ2) is 7.19. The number of ether oxygens (including phenoxy) is 1. The molecule has 138 valence electrons. The van der Waals surface area contributed by atoms with Crippen LogP contribution in [-0.4, -0.2) is 38.8 Å². The summed E-state index contributed by atoms with van der Waals surface area (Å²) in [5.74, 6) is -0.310. The molecule has 1 atom stereocenters. The average molecular weight is 374 g/mol. The van der Waals surface area contributed by atoms with Gasteiger partial charge in [0.1, 0.15) is 0 Å². The topological polar surface area (TPSA) is 66.9 Å². The van der Waals surface area contributed by atoms with E-state index in [9.17, 15) is 13.2 Å². The highest BCUT2D eigenvalue weighted by Gasteiger charge is 2.39. The fraction of sp³-hybridized carbons (Fsp3) is 0.316. The maximum absolute atomic E-state index is 13.3. The van der Waals surface area contributed by atoms with E-state index < -0.39 is 16.3 Å². The molecule has 0 spiro atoms. The highest BCUT2D eigenvalue weighted by molar-refractivity contribution is 7.89. The van der Waals surface area contributed by atoms with Gasteiger partial charge in [-0.05, 0) is 32.0 Å². The van der Waals surface area contributed by atoms with E-state index in [1.807, 2.05) is 19.1 Å². The predicted octanol–water partition coefficient (Wildman–Crippen LogP) is 2.70. The van der Waals surface area contributed by atoms with Gasteiger partial charge < -0.3 is 9.64 Å². The summed E-state index contributed by atoms with van der Waals surface area (Å²) in [7, 11) is -2.27. The number of carbonyl (C=O) groups is 1. The number of fused-ring (bicyclic) bond motifs is 1. The Balaban J connectivity index is 2.15. The zero-order chi connectivity index (χ0) is 18.9. The molecule has 0 bridgehead atoms. The van der Waals surface area contributed by atoms with Gasteiger partial charge in [-0.3, -0.25) is 4.79 Å². The highest BCUT2D eigenvalue weighted by Crippen LogP contribution is 2.36. The van der Waals surface area contributed by atoms with Crippen molar-refractivity contribution in [2.75, 3.05) is 25.1 Å². The van der Waals surface area contributed by atoms with E-state index in [4.69, 9.17) is 4.74 Å². The summed E-state index contributed by atoms with van der Waals surface area (Å²) in [5, 5.41) is 0. The van der Waals surface area contributed by atoms with Gasteiger partial charge in [0.05, 0.1) is 17.1 Å². The van der Waals surface area contributed by atoms with Crippen LogP contribution in [0, 0.1) is 6.92 Å². The Morgan fingerprint density at radius 2 is 1.77 bits per heavy atom. The number of aryl methyl sites for hydroxylation is 1. The Morgan fingerprint density at radius 1 is 1.12 bits per heavy atom. The number of amides is 1. The van der Waals surface area contributed by atoms with Gasteiger partial charge in [-0.25, -0.2) is 8.42 Å². The molecule has 0 saturated carbocycles. The molecule has 1 unspecified atom stereocenters. The molecule has 0 N–H and O–H groups in total. The molecule has 3 rings (SSSR count). The van der Waals surface area contributed by atoms with Gasteiger partial charge in [0.2, 0.25) is 15.9 Å². The number of carbonyl (C=O) groups excluding carboxylic acids is 1. The van der Waals surface area contributed by atoms with E-state index in [2.05, 4.69) is 0 Å². The summed E-state index contributed by atoms with van der Waals surface area (Å²) in [6, 6.07) is 13.8. The molecule has 0 saturated heterocycles.